The number of benzene rings is 2. The van der Waals surface area contributed by atoms with E-state index in [1.165, 1.54) is 52.3 Å². The van der Waals surface area contributed by atoms with Crippen LogP contribution in [0.15, 0.2) is 42.5 Å². The summed E-state index contributed by atoms with van der Waals surface area (Å²) in [7, 11) is 0. The molecule has 0 heteroatoms. The van der Waals surface area contributed by atoms with Gasteiger partial charge < -0.3 is 0 Å². The molecule has 0 nitrogen and oxygen atoms in total. The molecule has 2 rings (SSSR count). The molecule has 0 radical (unpaired) electrons. The van der Waals surface area contributed by atoms with Gasteiger partial charge in [-0.05, 0) is 88.7 Å². The molecule has 0 aliphatic carbocycles. The Morgan fingerprint density at radius 1 is 0.812 bits per heavy atom. The van der Waals surface area contributed by atoms with Gasteiger partial charge in [-0.1, -0.05) is 111 Å². The Hall–Kier alpha value is -1.56. The molecule has 32 heavy (non-hydrogen) atoms. The maximum Gasteiger partial charge on any atom is -0.0146 e. The molecule has 0 heterocycles. The summed E-state index contributed by atoms with van der Waals surface area (Å²) in [5, 5.41) is 2.90. The molecule has 178 valence electrons. The Morgan fingerprint density at radius 3 is 2.06 bits per heavy atom. The molecule has 0 saturated carbocycles. The molecule has 0 amide bonds. The van der Waals surface area contributed by atoms with Crippen LogP contribution >= 0.6 is 0 Å². The van der Waals surface area contributed by atoms with Crippen molar-refractivity contribution < 1.29 is 0 Å². The maximum absolute atomic E-state index is 4.48. The van der Waals surface area contributed by atoms with Crippen molar-refractivity contribution in [3.05, 3.63) is 59.2 Å². The molecular weight excluding hydrogens is 384 g/mol. The predicted octanol–water partition coefficient (Wildman–Crippen LogP) is 10.3. The molecule has 2 aromatic rings. The van der Waals surface area contributed by atoms with Crippen LogP contribution < -0.4 is 0 Å². The van der Waals surface area contributed by atoms with Crippen LogP contribution in [0.3, 0.4) is 0 Å². The van der Waals surface area contributed by atoms with Crippen molar-refractivity contribution in [3.8, 4) is 0 Å². The van der Waals surface area contributed by atoms with Crippen LogP contribution in [0.5, 0.6) is 0 Å². The lowest BCUT2D eigenvalue weighted by atomic mass is 9.69. The van der Waals surface area contributed by atoms with E-state index in [2.05, 4.69) is 106 Å². The summed E-state index contributed by atoms with van der Waals surface area (Å²) in [5.41, 5.74) is 5.83. The van der Waals surface area contributed by atoms with Gasteiger partial charge in [0.2, 0.25) is 0 Å². The van der Waals surface area contributed by atoms with Crippen molar-refractivity contribution in [1.82, 2.24) is 0 Å². The summed E-state index contributed by atoms with van der Waals surface area (Å²) in [6.45, 7) is 28.2. The van der Waals surface area contributed by atoms with Crippen molar-refractivity contribution in [2.45, 2.75) is 100 Å². The van der Waals surface area contributed by atoms with E-state index < -0.39 is 0 Å². The molecule has 2 aromatic carbocycles. The van der Waals surface area contributed by atoms with Gasteiger partial charge in [-0.25, -0.2) is 0 Å². The molecule has 7 atom stereocenters. The van der Waals surface area contributed by atoms with Gasteiger partial charge in [-0.2, -0.15) is 0 Å². The van der Waals surface area contributed by atoms with Gasteiger partial charge in [0.25, 0.3) is 0 Å². The fourth-order valence-electron chi connectivity index (χ4n) is 5.56. The van der Waals surface area contributed by atoms with Crippen molar-refractivity contribution in [1.29, 1.82) is 0 Å². The number of aryl methyl sites for hydroxylation is 1. The highest BCUT2D eigenvalue weighted by atomic mass is 14.3. The second kappa shape index (κ2) is 11.5. The van der Waals surface area contributed by atoms with Crippen LogP contribution in [0.25, 0.3) is 10.8 Å². The number of hydrogen-bond acceptors (Lipinski definition) is 0. The number of fused-ring (bicyclic) bond motifs is 1. The van der Waals surface area contributed by atoms with Gasteiger partial charge in [0, 0.05) is 0 Å². The topological polar surface area (TPSA) is 0 Å². The van der Waals surface area contributed by atoms with Crippen LogP contribution in [-0.2, 0) is 0 Å². The molecule has 0 N–H and O–H groups in total. The Labute approximate surface area is 199 Å². The van der Waals surface area contributed by atoms with E-state index in [4.69, 9.17) is 0 Å². The average Bonchev–Trinajstić information content (AvgIpc) is 2.80. The Kier molecular flexibility index (Phi) is 9.62. The van der Waals surface area contributed by atoms with Gasteiger partial charge in [0.15, 0.2) is 0 Å². The average molecular weight is 435 g/mol. The first kappa shape index (κ1) is 26.7. The van der Waals surface area contributed by atoms with Crippen molar-refractivity contribution in [2.75, 3.05) is 0 Å². The summed E-state index contributed by atoms with van der Waals surface area (Å²) in [4.78, 5) is 0. The van der Waals surface area contributed by atoms with Gasteiger partial charge in [-0.3, -0.25) is 0 Å². The second-order valence-electron chi connectivity index (χ2n) is 11.0. The third-order valence-corrected chi connectivity index (χ3v) is 9.14. The zero-order chi connectivity index (χ0) is 24.2. The van der Waals surface area contributed by atoms with Crippen LogP contribution in [0.4, 0.5) is 0 Å². The first-order chi connectivity index (χ1) is 15.0. The van der Waals surface area contributed by atoms with Crippen LogP contribution in [0.2, 0.25) is 0 Å². The predicted molar refractivity (Wildman–Crippen MR) is 146 cm³/mol. The lowest BCUT2D eigenvalue weighted by Crippen LogP contribution is -2.27. The molecule has 0 spiro atoms. The zero-order valence-corrected chi connectivity index (χ0v) is 22.8. The standard InChI is InChI=1S/C32H50/c1-12-14-21(4)29-16-18-31-30(17-15-22(5)32(31)19-29)28(11)27(10)26(9)25(8)24(7)23(6)20(3)13-2/h15-21,24-28H,6,12-14H2,1-5,7-11H3. The molecule has 0 saturated heterocycles. The highest BCUT2D eigenvalue weighted by Crippen LogP contribution is 2.41. The summed E-state index contributed by atoms with van der Waals surface area (Å²) < 4.78 is 0. The Morgan fingerprint density at radius 2 is 1.47 bits per heavy atom. The van der Waals surface area contributed by atoms with Gasteiger partial charge in [0.1, 0.15) is 0 Å². The minimum Gasteiger partial charge on any atom is -0.0993 e. The first-order valence-corrected chi connectivity index (χ1v) is 13.3. The van der Waals surface area contributed by atoms with Crippen molar-refractivity contribution in [2.24, 2.45) is 29.6 Å². The van der Waals surface area contributed by atoms with E-state index in [9.17, 15) is 0 Å². The van der Waals surface area contributed by atoms with Crippen molar-refractivity contribution >= 4 is 10.8 Å². The number of rotatable bonds is 11. The van der Waals surface area contributed by atoms with Crippen LogP contribution in [-0.4, -0.2) is 0 Å². The van der Waals surface area contributed by atoms with Crippen LogP contribution in [0, 0.1) is 36.5 Å². The summed E-state index contributed by atoms with van der Waals surface area (Å²) in [6.07, 6.45) is 3.68. The van der Waals surface area contributed by atoms with E-state index in [-0.39, 0.29) is 0 Å². The molecule has 0 aliphatic rings. The summed E-state index contributed by atoms with van der Waals surface area (Å²) >= 11 is 0. The maximum atomic E-state index is 4.48. The molecule has 0 fully saturated rings. The third-order valence-electron chi connectivity index (χ3n) is 9.14. The van der Waals surface area contributed by atoms with E-state index >= 15 is 0 Å². The fraction of sp³-hybridized carbons (Fsp3) is 0.625. The number of hydrogen-bond donors (Lipinski definition) is 0. The molecule has 0 bridgehead atoms. The lowest BCUT2D eigenvalue weighted by Gasteiger charge is -2.36. The molecule has 0 aliphatic heterocycles. The SMILES string of the molecule is C=C(C(C)CC)C(C)C(C)C(C)C(C)C(C)c1ccc(C)c2cc(C(C)CCC)ccc12. The van der Waals surface area contributed by atoms with Gasteiger partial charge in [0.05, 0.1) is 0 Å². The monoisotopic (exact) mass is 434 g/mol. The summed E-state index contributed by atoms with van der Waals surface area (Å²) in [5.74, 6) is 4.21. The van der Waals surface area contributed by atoms with E-state index in [1.807, 2.05) is 0 Å². The normalized spacial score (nSPS) is 18.6. The highest BCUT2D eigenvalue weighted by Gasteiger charge is 2.30. The van der Waals surface area contributed by atoms with E-state index in [0.717, 1.165) is 0 Å². The quantitative estimate of drug-likeness (QED) is 0.308. The molecular formula is C32H50. The largest absolute Gasteiger partial charge is 0.0993 e. The van der Waals surface area contributed by atoms with Crippen molar-refractivity contribution in [3.63, 3.8) is 0 Å². The second-order valence-corrected chi connectivity index (χ2v) is 11.0. The minimum atomic E-state index is 0.526. The lowest BCUT2D eigenvalue weighted by molar-refractivity contribution is 0.205. The smallest absolute Gasteiger partial charge is 0.0146 e. The fourth-order valence-corrected chi connectivity index (χ4v) is 5.56. The molecule has 7 unspecified atom stereocenters. The first-order valence-electron chi connectivity index (χ1n) is 13.3. The van der Waals surface area contributed by atoms with Crippen LogP contribution in [0.1, 0.15) is 110 Å². The summed E-state index contributed by atoms with van der Waals surface area (Å²) in [6, 6.07) is 12.0. The Balaban J connectivity index is 2.33. The highest BCUT2D eigenvalue weighted by molar-refractivity contribution is 5.89. The van der Waals surface area contributed by atoms with E-state index in [1.54, 1.807) is 0 Å². The molecule has 0 aromatic heterocycles. The minimum absolute atomic E-state index is 0.526. The third kappa shape index (κ3) is 5.67. The van der Waals surface area contributed by atoms with E-state index in [0.29, 0.717) is 41.4 Å². The Bertz CT molecular complexity index is 888. The number of allylic oxidation sites excluding steroid dienone is 1. The van der Waals surface area contributed by atoms with Gasteiger partial charge >= 0.3 is 0 Å². The van der Waals surface area contributed by atoms with Gasteiger partial charge in [-0.15, -0.1) is 0 Å². The zero-order valence-electron chi connectivity index (χ0n) is 22.8.